The average molecular weight is 527 g/mol. The summed E-state index contributed by atoms with van der Waals surface area (Å²) in [4.78, 5) is 42.3. The zero-order valence-electron chi connectivity index (χ0n) is 21.8. The van der Waals surface area contributed by atoms with E-state index in [1.54, 1.807) is 12.4 Å². The first-order valence-electron chi connectivity index (χ1n) is 13.5. The number of imidazole rings is 1. The number of hydrogen-bond donors (Lipinski definition) is 2. The molecule has 7 rings (SSSR count). The molecule has 10 nitrogen and oxygen atoms in total. The van der Waals surface area contributed by atoms with Gasteiger partial charge in [-0.1, -0.05) is 29.8 Å². The first-order valence-corrected chi connectivity index (χ1v) is 13.5. The van der Waals surface area contributed by atoms with Crippen LogP contribution >= 0.6 is 0 Å². The zero-order valence-corrected chi connectivity index (χ0v) is 21.8. The zero-order chi connectivity index (χ0) is 26.7. The van der Waals surface area contributed by atoms with Crippen LogP contribution < -0.4 is 15.4 Å². The number of carbonyl (C=O) groups excluding carboxylic acids is 1. The maximum Gasteiger partial charge on any atom is 0.414 e. The van der Waals surface area contributed by atoms with Gasteiger partial charge in [0.2, 0.25) is 5.75 Å². The lowest BCUT2D eigenvalue weighted by atomic mass is 10.1. The van der Waals surface area contributed by atoms with E-state index >= 15 is 0 Å². The van der Waals surface area contributed by atoms with E-state index in [2.05, 4.69) is 39.1 Å². The van der Waals surface area contributed by atoms with E-state index in [4.69, 9.17) is 9.72 Å². The summed E-state index contributed by atoms with van der Waals surface area (Å²) in [6, 6.07) is 10.1. The van der Waals surface area contributed by atoms with Gasteiger partial charge in [-0.05, 0) is 49.7 Å². The van der Waals surface area contributed by atoms with E-state index < -0.39 is 17.4 Å². The number of carbonyl (C=O) groups is 1. The molecule has 39 heavy (non-hydrogen) atoms. The van der Waals surface area contributed by atoms with E-state index in [0.717, 1.165) is 54.7 Å². The van der Waals surface area contributed by atoms with E-state index in [1.807, 2.05) is 13.0 Å². The van der Waals surface area contributed by atoms with Gasteiger partial charge in [0.1, 0.15) is 6.61 Å². The van der Waals surface area contributed by atoms with Crippen molar-refractivity contribution < 1.29 is 14.6 Å². The molecule has 3 aliphatic rings. The van der Waals surface area contributed by atoms with Gasteiger partial charge in [0, 0.05) is 37.6 Å². The minimum absolute atomic E-state index is 0.0478. The van der Waals surface area contributed by atoms with Gasteiger partial charge in [-0.3, -0.25) is 14.1 Å². The smallest absolute Gasteiger partial charge is 0.414 e. The summed E-state index contributed by atoms with van der Waals surface area (Å²) in [5.74, 6) is 1.39. The Morgan fingerprint density at radius 1 is 1.10 bits per heavy atom. The monoisotopic (exact) mass is 526 g/mol. The summed E-state index contributed by atoms with van der Waals surface area (Å²) in [6.07, 6.45) is 7.09. The number of ether oxygens (including phenoxy) is 1. The molecule has 1 amide bonds. The number of aromatic amines is 1. The highest BCUT2D eigenvalue weighted by Gasteiger charge is 2.39. The van der Waals surface area contributed by atoms with Crippen molar-refractivity contribution in [2.45, 2.75) is 32.6 Å². The van der Waals surface area contributed by atoms with Gasteiger partial charge in [-0.15, -0.1) is 0 Å². The number of anilines is 2. The van der Waals surface area contributed by atoms with E-state index in [1.165, 1.54) is 21.3 Å². The predicted molar refractivity (Wildman–Crippen MR) is 146 cm³/mol. The molecule has 1 saturated carbocycles. The first kappa shape index (κ1) is 23.8. The van der Waals surface area contributed by atoms with Crippen LogP contribution in [0.3, 0.4) is 0 Å². The molecule has 0 spiro atoms. The third kappa shape index (κ3) is 4.29. The second-order valence-electron chi connectivity index (χ2n) is 10.9. The third-order valence-corrected chi connectivity index (χ3v) is 8.26. The number of cyclic esters (lactones) is 1. The van der Waals surface area contributed by atoms with Crippen molar-refractivity contribution in [3.8, 4) is 17.3 Å². The Morgan fingerprint density at radius 3 is 2.59 bits per heavy atom. The Labute approximate surface area is 224 Å². The topological polar surface area (TPSA) is 116 Å². The second-order valence-corrected chi connectivity index (χ2v) is 10.9. The van der Waals surface area contributed by atoms with E-state index in [0.29, 0.717) is 24.5 Å². The van der Waals surface area contributed by atoms with Crippen LogP contribution in [0, 0.1) is 18.8 Å². The highest BCUT2D eigenvalue weighted by Crippen LogP contribution is 2.46. The van der Waals surface area contributed by atoms with Crippen molar-refractivity contribution >= 4 is 23.1 Å². The van der Waals surface area contributed by atoms with Crippen molar-refractivity contribution in [2.75, 3.05) is 36.0 Å². The predicted octanol–water partition coefficient (Wildman–Crippen LogP) is 3.88. The number of amides is 1. The quantitative estimate of drug-likeness (QED) is 0.405. The van der Waals surface area contributed by atoms with E-state index in [-0.39, 0.29) is 17.9 Å². The molecule has 2 atom stereocenters. The Kier molecular flexibility index (Phi) is 5.57. The second kappa shape index (κ2) is 9.14. The molecule has 1 aliphatic carbocycles. The van der Waals surface area contributed by atoms with Crippen LogP contribution in [0.25, 0.3) is 17.2 Å². The Morgan fingerprint density at radius 2 is 1.87 bits per heavy atom. The number of rotatable bonds is 5. The Balaban J connectivity index is 1.31. The van der Waals surface area contributed by atoms with Gasteiger partial charge in [0.05, 0.1) is 17.9 Å². The van der Waals surface area contributed by atoms with Gasteiger partial charge in [-0.25, -0.2) is 14.8 Å². The number of H-pyrrole nitrogens is 1. The normalized spacial score (nSPS) is 20.7. The van der Waals surface area contributed by atoms with Crippen LogP contribution in [0.2, 0.25) is 0 Å². The number of aryl methyl sites for hydroxylation is 1. The van der Waals surface area contributed by atoms with Crippen molar-refractivity contribution in [2.24, 2.45) is 11.8 Å². The van der Waals surface area contributed by atoms with Crippen LogP contribution in [0.5, 0.6) is 5.75 Å². The van der Waals surface area contributed by atoms with Crippen molar-refractivity contribution in [1.82, 2.24) is 19.4 Å². The lowest BCUT2D eigenvalue weighted by Gasteiger charge is -2.26. The van der Waals surface area contributed by atoms with E-state index in [9.17, 15) is 14.7 Å². The SMILES string of the molecule is Cc1ccc(Cc2cnc(-c3nc4c(N5CCOC5=O)cc(N5CCC6C[C@@H]6CC5)cn4c(=O)c3O)[nH]2)cc1. The van der Waals surface area contributed by atoms with Crippen LogP contribution in [-0.4, -0.2) is 56.8 Å². The maximum absolute atomic E-state index is 13.5. The maximum atomic E-state index is 13.5. The van der Waals surface area contributed by atoms with Crippen LogP contribution in [-0.2, 0) is 11.2 Å². The molecule has 5 heterocycles. The summed E-state index contributed by atoms with van der Waals surface area (Å²) in [7, 11) is 0. The molecule has 2 aliphatic heterocycles. The number of pyridine rings is 1. The lowest BCUT2D eigenvalue weighted by Crippen LogP contribution is -2.29. The molecule has 4 aromatic rings. The molecule has 0 radical (unpaired) electrons. The van der Waals surface area contributed by atoms with Crippen LogP contribution in [0.4, 0.5) is 16.2 Å². The summed E-state index contributed by atoms with van der Waals surface area (Å²) in [5.41, 5.74) is 4.13. The number of aromatic nitrogens is 4. The van der Waals surface area contributed by atoms with Gasteiger partial charge in [0.15, 0.2) is 17.2 Å². The molecule has 200 valence electrons. The molecular weight excluding hydrogens is 496 g/mol. The molecule has 1 aromatic carbocycles. The Bertz CT molecular complexity index is 1630. The number of benzene rings is 1. The minimum atomic E-state index is -0.611. The number of fused-ring (bicyclic) bond motifs is 2. The summed E-state index contributed by atoms with van der Waals surface area (Å²) in [5, 5.41) is 11.0. The fraction of sp³-hybridized carbons (Fsp3) is 0.379. The molecular formula is C29H30N6O4. The number of hydrogen-bond acceptors (Lipinski definition) is 7. The third-order valence-electron chi connectivity index (χ3n) is 8.26. The van der Waals surface area contributed by atoms with Crippen molar-refractivity contribution in [3.05, 3.63) is 69.9 Å². The van der Waals surface area contributed by atoms with Crippen molar-refractivity contribution in [3.63, 3.8) is 0 Å². The summed E-state index contributed by atoms with van der Waals surface area (Å²) >= 11 is 0. The molecule has 1 unspecified atom stereocenters. The fourth-order valence-electron chi connectivity index (χ4n) is 5.87. The fourth-order valence-corrected chi connectivity index (χ4v) is 5.87. The standard InChI is InChI=1S/C29H30N6O4/c1-17-2-4-18(5-3-17)12-21-15-30-26(31-21)24-25(36)28(37)35-16-22(33-8-6-19-13-20(19)7-9-33)14-23(27(35)32-24)34-10-11-39-29(34)38/h2-5,14-16,19-20,36H,6-13H2,1H3,(H,30,31)/t19-,20?/m0/s1. The lowest BCUT2D eigenvalue weighted by molar-refractivity contribution is 0.181. The van der Waals surface area contributed by atoms with Crippen LogP contribution in [0.15, 0.2) is 47.5 Å². The van der Waals surface area contributed by atoms with Crippen molar-refractivity contribution in [1.29, 1.82) is 0 Å². The molecule has 2 N–H and O–H groups in total. The number of nitrogens with one attached hydrogen (secondary N) is 1. The van der Waals surface area contributed by atoms with Gasteiger partial charge in [0.25, 0.3) is 0 Å². The van der Waals surface area contributed by atoms with Gasteiger partial charge < -0.3 is 19.7 Å². The molecule has 0 bridgehead atoms. The molecule has 2 saturated heterocycles. The minimum Gasteiger partial charge on any atom is -0.501 e. The number of nitrogens with zero attached hydrogens (tertiary/aromatic N) is 5. The average Bonchev–Trinajstić information content (AvgIpc) is 3.38. The number of aromatic hydroxyl groups is 1. The van der Waals surface area contributed by atoms with Gasteiger partial charge in [-0.2, -0.15) is 0 Å². The first-order chi connectivity index (χ1) is 18.9. The summed E-state index contributed by atoms with van der Waals surface area (Å²) < 4.78 is 6.56. The van der Waals surface area contributed by atoms with Crippen LogP contribution in [0.1, 0.15) is 36.1 Å². The molecule has 10 heteroatoms. The Hall–Kier alpha value is -4.34. The van der Waals surface area contributed by atoms with Gasteiger partial charge >= 0.3 is 11.7 Å². The largest absolute Gasteiger partial charge is 0.501 e. The molecule has 3 fully saturated rings. The highest BCUT2D eigenvalue weighted by atomic mass is 16.6. The highest BCUT2D eigenvalue weighted by molar-refractivity contribution is 5.95. The summed E-state index contributed by atoms with van der Waals surface area (Å²) in [6.45, 7) is 4.44. The molecule has 3 aromatic heterocycles.